The third-order valence-corrected chi connectivity index (χ3v) is 3.29. The van der Waals surface area contributed by atoms with Crippen molar-refractivity contribution in [1.82, 2.24) is 10.3 Å². The number of aliphatic hydroxyl groups excluding tert-OH is 1. The molecule has 2 N–H and O–H groups in total. The highest BCUT2D eigenvalue weighted by Gasteiger charge is 2.31. The molecule has 0 aliphatic carbocycles. The lowest BCUT2D eigenvalue weighted by Gasteiger charge is -2.21. The Hall–Kier alpha value is -0.990. The Kier molecular flexibility index (Phi) is 6.40. The maximum Gasteiger partial charge on any atom is 0.331 e. The van der Waals surface area contributed by atoms with Crippen LogP contribution in [0.4, 0.5) is 0 Å². The second kappa shape index (κ2) is 7.56. The highest BCUT2D eigenvalue weighted by molar-refractivity contribution is 9.11. The van der Waals surface area contributed by atoms with Gasteiger partial charge in [0, 0.05) is 15.1 Å². The summed E-state index contributed by atoms with van der Waals surface area (Å²) in [4.78, 5) is 26.2. The van der Waals surface area contributed by atoms with Crippen molar-refractivity contribution in [3.63, 3.8) is 0 Å². The number of carbonyl (C=O) groups excluding carboxylic acids is 2. The molecule has 1 rings (SSSR count). The summed E-state index contributed by atoms with van der Waals surface area (Å²) in [6.07, 6.45) is 0.496. The molecule has 0 bridgehead atoms. The SMILES string of the molecule is CCOC(=O)C(NC=O)C(O)c1ncc(Br)cc1Br. The highest BCUT2D eigenvalue weighted by Crippen LogP contribution is 2.26. The molecule has 19 heavy (non-hydrogen) atoms. The summed E-state index contributed by atoms with van der Waals surface area (Å²) >= 11 is 6.46. The number of carbonyl (C=O) groups is 2. The third kappa shape index (κ3) is 4.26. The Balaban J connectivity index is 3.01. The average molecular weight is 396 g/mol. The van der Waals surface area contributed by atoms with Gasteiger partial charge in [-0.25, -0.2) is 4.79 Å². The van der Waals surface area contributed by atoms with Crippen molar-refractivity contribution in [1.29, 1.82) is 0 Å². The van der Waals surface area contributed by atoms with Crippen LogP contribution in [-0.4, -0.2) is 35.1 Å². The van der Waals surface area contributed by atoms with Gasteiger partial charge in [-0.1, -0.05) is 0 Å². The molecule has 0 aromatic carbocycles. The first-order valence-corrected chi connectivity index (χ1v) is 6.95. The summed E-state index contributed by atoms with van der Waals surface area (Å²) in [5.41, 5.74) is 0.232. The van der Waals surface area contributed by atoms with Crippen LogP contribution in [0.2, 0.25) is 0 Å². The Labute approximate surface area is 126 Å². The molecule has 0 spiro atoms. The molecule has 2 atom stereocenters. The number of hydrogen-bond acceptors (Lipinski definition) is 5. The number of halogens is 2. The van der Waals surface area contributed by atoms with E-state index in [2.05, 4.69) is 42.2 Å². The summed E-state index contributed by atoms with van der Waals surface area (Å²) in [6, 6.07) is 0.469. The topological polar surface area (TPSA) is 88.5 Å². The summed E-state index contributed by atoms with van der Waals surface area (Å²) in [7, 11) is 0. The van der Waals surface area contributed by atoms with Crippen LogP contribution in [0.15, 0.2) is 21.2 Å². The Morgan fingerprint density at radius 1 is 1.63 bits per heavy atom. The van der Waals surface area contributed by atoms with Crippen molar-refractivity contribution < 1.29 is 19.4 Å². The van der Waals surface area contributed by atoms with Crippen molar-refractivity contribution in [2.45, 2.75) is 19.1 Å². The number of nitrogens with one attached hydrogen (secondary N) is 1. The number of ether oxygens (including phenoxy) is 1. The van der Waals surface area contributed by atoms with Crippen LogP contribution < -0.4 is 5.32 Å². The van der Waals surface area contributed by atoms with E-state index in [0.717, 1.165) is 0 Å². The zero-order chi connectivity index (χ0) is 14.4. The van der Waals surface area contributed by atoms with Gasteiger partial charge in [0.25, 0.3) is 0 Å². The average Bonchev–Trinajstić information content (AvgIpc) is 2.35. The number of rotatable bonds is 6. The molecule has 0 saturated carbocycles. The van der Waals surface area contributed by atoms with Crippen LogP contribution >= 0.6 is 31.9 Å². The summed E-state index contributed by atoms with van der Waals surface area (Å²) in [5, 5.41) is 12.4. The molecule has 0 saturated heterocycles. The van der Waals surface area contributed by atoms with E-state index < -0.39 is 18.1 Å². The minimum Gasteiger partial charge on any atom is -0.464 e. The first-order valence-electron chi connectivity index (χ1n) is 5.36. The summed E-state index contributed by atoms with van der Waals surface area (Å²) in [5.74, 6) is -0.723. The van der Waals surface area contributed by atoms with Gasteiger partial charge in [-0.05, 0) is 44.8 Å². The second-order valence-corrected chi connectivity index (χ2v) is 5.25. The molecular formula is C11H12Br2N2O4. The van der Waals surface area contributed by atoms with Crippen LogP contribution in [0.25, 0.3) is 0 Å². The molecule has 0 fully saturated rings. The van der Waals surface area contributed by atoms with E-state index >= 15 is 0 Å². The number of aromatic nitrogens is 1. The molecule has 6 nitrogen and oxygen atoms in total. The van der Waals surface area contributed by atoms with Gasteiger partial charge in [0.15, 0.2) is 6.04 Å². The molecule has 2 unspecified atom stereocenters. The molecular weight excluding hydrogens is 384 g/mol. The first kappa shape index (κ1) is 16.1. The third-order valence-electron chi connectivity index (χ3n) is 2.22. The van der Waals surface area contributed by atoms with Crippen LogP contribution in [0, 0.1) is 0 Å². The van der Waals surface area contributed by atoms with Gasteiger partial charge >= 0.3 is 5.97 Å². The molecule has 104 valence electrons. The fourth-order valence-corrected chi connectivity index (χ4v) is 2.62. The van der Waals surface area contributed by atoms with Crippen LogP contribution in [0.5, 0.6) is 0 Å². The van der Waals surface area contributed by atoms with Gasteiger partial charge in [0.2, 0.25) is 6.41 Å². The van der Waals surface area contributed by atoms with Gasteiger partial charge in [0.1, 0.15) is 6.10 Å². The van der Waals surface area contributed by atoms with E-state index in [1.807, 2.05) is 0 Å². The van der Waals surface area contributed by atoms with Crippen LogP contribution in [0.3, 0.4) is 0 Å². The van der Waals surface area contributed by atoms with E-state index in [-0.39, 0.29) is 12.3 Å². The van der Waals surface area contributed by atoms with E-state index in [9.17, 15) is 14.7 Å². The lowest BCUT2D eigenvalue weighted by molar-refractivity contribution is -0.150. The smallest absolute Gasteiger partial charge is 0.331 e. The van der Waals surface area contributed by atoms with Crippen molar-refractivity contribution >= 4 is 44.2 Å². The number of esters is 1. The molecule has 8 heteroatoms. The van der Waals surface area contributed by atoms with E-state index in [0.29, 0.717) is 15.4 Å². The Morgan fingerprint density at radius 2 is 2.32 bits per heavy atom. The number of aliphatic hydroxyl groups is 1. The van der Waals surface area contributed by atoms with Gasteiger partial charge in [-0.3, -0.25) is 9.78 Å². The molecule has 1 aromatic rings. The standard InChI is InChI=1S/C11H12Br2N2O4/c1-2-19-11(18)9(15-5-16)10(17)8-7(13)3-6(12)4-14-8/h3-5,9-10,17H,2H2,1H3,(H,15,16). The number of pyridine rings is 1. The van der Waals surface area contributed by atoms with Crippen molar-refractivity contribution in [3.05, 3.63) is 26.9 Å². The van der Waals surface area contributed by atoms with Crippen molar-refractivity contribution in [2.24, 2.45) is 0 Å². The zero-order valence-electron chi connectivity index (χ0n) is 9.97. The predicted molar refractivity (Wildman–Crippen MR) is 74.2 cm³/mol. The predicted octanol–water partition coefficient (Wildman–Crippen LogP) is 1.32. The van der Waals surface area contributed by atoms with Crippen LogP contribution in [-0.2, 0) is 14.3 Å². The summed E-state index contributed by atoms with van der Waals surface area (Å²) in [6.45, 7) is 1.79. The van der Waals surface area contributed by atoms with Crippen LogP contribution in [0.1, 0.15) is 18.7 Å². The fraction of sp³-hybridized carbons (Fsp3) is 0.364. The lowest BCUT2D eigenvalue weighted by Crippen LogP contribution is -2.42. The second-order valence-electron chi connectivity index (χ2n) is 3.48. The number of hydrogen-bond donors (Lipinski definition) is 2. The highest BCUT2D eigenvalue weighted by atomic mass is 79.9. The minimum absolute atomic E-state index is 0.150. The largest absolute Gasteiger partial charge is 0.464 e. The van der Waals surface area contributed by atoms with E-state index in [1.165, 1.54) is 6.20 Å². The van der Waals surface area contributed by atoms with E-state index in [1.54, 1.807) is 13.0 Å². The monoisotopic (exact) mass is 394 g/mol. The van der Waals surface area contributed by atoms with Gasteiger partial charge in [-0.2, -0.15) is 0 Å². The minimum atomic E-state index is -1.31. The fourth-order valence-electron chi connectivity index (χ4n) is 1.39. The molecule has 1 amide bonds. The Bertz CT molecular complexity index is 470. The quantitative estimate of drug-likeness (QED) is 0.560. The number of nitrogens with zero attached hydrogens (tertiary/aromatic N) is 1. The van der Waals surface area contributed by atoms with Gasteiger partial charge < -0.3 is 15.2 Å². The van der Waals surface area contributed by atoms with Crippen molar-refractivity contribution in [2.75, 3.05) is 6.61 Å². The molecule has 0 radical (unpaired) electrons. The summed E-state index contributed by atoms with van der Waals surface area (Å²) < 4.78 is 6.01. The lowest BCUT2D eigenvalue weighted by atomic mass is 10.1. The zero-order valence-corrected chi connectivity index (χ0v) is 13.1. The first-order chi connectivity index (χ1) is 9.01. The maximum absolute atomic E-state index is 11.7. The molecule has 0 aliphatic rings. The van der Waals surface area contributed by atoms with Gasteiger partial charge in [-0.15, -0.1) is 0 Å². The van der Waals surface area contributed by atoms with Gasteiger partial charge in [0.05, 0.1) is 12.3 Å². The normalized spacial score (nSPS) is 13.5. The number of amides is 1. The molecule has 0 aliphatic heterocycles. The molecule has 1 aromatic heterocycles. The van der Waals surface area contributed by atoms with E-state index in [4.69, 9.17) is 4.74 Å². The molecule has 1 heterocycles. The maximum atomic E-state index is 11.7. The van der Waals surface area contributed by atoms with Crippen molar-refractivity contribution in [3.8, 4) is 0 Å². The Morgan fingerprint density at radius 3 is 2.84 bits per heavy atom.